The molecule has 2 rings (SSSR count). The zero-order chi connectivity index (χ0) is 19.2. The lowest BCUT2D eigenvalue weighted by Gasteiger charge is -2.15. The highest BCUT2D eigenvalue weighted by Gasteiger charge is 2.20. The van der Waals surface area contributed by atoms with Gasteiger partial charge in [-0.3, -0.25) is 4.79 Å². The molecule has 0 fully saturated rings. The molecule has 0 radical (unpaired) electrons. The fourth-order valence-corrected chi connectivity index (χ4v) is 4.01. The minimum atomic E-state index is -3.76. The van der Waals surface area contributed by atoms with E-state index in [1.54, 1.807) is 0 Å². The van der Waals surface area contributed by atoms with Crippen molar-refractivity contribution in [2.24, 2.45) is 0 Å². The van der Waals surface area contributed by atoms with E-state index >= 15 is 0 Å². The van der Waals surface area contributed by atoms with Crippen LogP contribution in [0.4, 0.5) is 0 Å². The summed E-state index contributed by atoms with van der Waals surface area (Å²) in [5, 5.41) is 2.95. The maximum Gasteiger partial charge on any atom is 0.251 e. The van der Waals surface area contributed by atoms with Gasteiger partial charge in [-0.2, -0.15) is 0 Å². The third-order valence-electron chi connectivity index (χ3n) is 3.95. The average Bonchev–Trinajstić information content (AvgIpc) is 2.62. The smallest absolute Gasteiger partial charge is 0.251 e. The van der Waals surface area contributed by atoms with Crippen LogP contribution in [0, 0.1) is 0 Å². The van der Waals surface area contributed by atoms with Crippen molar-refractivity contribution < 1.29 is 13.2 Å². The van der Waals surface area contributed by atoms with Crippen LogP contribution < -0.4 is 10.0 Å². The summed E-state index contributed by atoms with van der Waals surface area (Å²) in [7, 11) is -3.76. The summed E-state index contributed by atoms with van der Waals surface area (Å²) in [4.78, 5) is 12.4. The Morgan fingerprint density at radius 3 is 2.50 bits per heavy atom. The number of hydrogen-bond donors (Lipinski definition) is 2. The molecule has 0 aliphatic rings. The molecule has 2 aromatic rings. The lowest BCUT2D eigenvalue weighted by Crippen LogP contribution is -2.28. The highest BCUT2D eigenvalue weighted by atomic mass is 35.5. The molecule has 26 heavy (non-hydrogen) atoms. The first kappa shape index (κ1) is 20.4. The molecule has 2 aromatic carbocycles. The number of hydrogen-bond acceptors (Lipinski definition) is 3. The predicted octanol–water partition coefficient (Wildman–Crippen LogP) is 3.91. The van der Waals surface area contributed by atoms with Crippen molar-refractivity contribution in [1.82, 2.24) is 10.0 Å². The molecule has 0 saturated heterocycles. The minimum absolute atomic E-state index is 0.0849. The van der Waals surface area contributed by atoms with E-state index in [9.17, 15) is 13.2 Å². The third-order valence-corrected chi connectivity index (χ3v) is 5.90. The van der Waals surface area contributed by atoms with Gasteiger partial charge in [0.15, 0.2) is 0 Å². The average molecular weight is 395 g/mol. The second-order valence-electron chi connectivity index (χ2n) is 6.00. The summed E-state index contributed by atoms with van der Waals surface area (Å²) in [6.07, 6.45) is 1.60. The van der Waals surface area contributed by atoms with Crippen molar-refractivity contribution in [3.05, 3.63) is 64.7 Å². The van der Waals surface area contributed by atoms with Crippen LogP contribution in [-0.2, 0) is 10.0 Å². The van der Waals surface area contributed by atoms with Gasteiger partial charge in [-0.05, 0) is 37.1 Å². The van der Waals surface area contributed by atoms with Crippen LogP contribution in [0.1, 0.15) is 48.7 Å². The number of unbranched alkanes of at least 4 members (excludes halogenated alkanes) is 1. The zero-order valence-electron chi connectivity index (χ0n) is 14.8. The number of amides is 1. The van der Waals surface area contributed by atoms with Crippen molar-refractivity contribution in [3.63, 3.8) is 0 Å². The number of benzene rings is 2. The number of nitrogens with one attached hydrogen (secondary N) is 2. The van der Waals surface area contributed by atoms with E-state index in [4.69, 9.17) is 11.6 Å². The molecule has 2 N–H and O–H groups in total. The highest BCUT2D eigenvalue weighted by molar-refractivity contribution is 7.89. The van der Waals surface area contributed by atoms with Gasteiger partial charge in [-0.25, -0.2) is 13.1 Å². The fraction of sp³-hybridized carbons (Fsp3) is 0.316. The van der Waals surface area contributed by atoms with Crippen LogP contribution in [0.5, 0.6) is 0 Å². The number of carbonyl (C=O) groups excluding carboxylic acids is 1. The molecule has 0 heterocycles. The first-order chi connectivity index (χ1) is 12.3. The molecule has 0 saturated carbocycles. The Bertz CT molecular complexity index is 854. The largest absolute Gasteiger partial charge is 0.346 e. The molecule has 0 aromatic heterocycles. The predicted molar refractivity (Wildman–Crippen MR) is 104 cm³/mol. The van der Waals surface area contributed by atoms with Crippen LogP contribution >= 0.6 is 11.6 Å². The van der Waals surface area contributed by atoms with Crippen LogP contribution in [-0.4, -0.2) is 20.9 Å². The number of sulfonamides is 1. The lowest BCUT2D eigenvalue weighted by atomic mass is 10.1. The van der Waals surface area contributed by atoms with Gasteiger partial charge in [-0.1, -0.05) is 55.3 Å². The summed E-state index contributed by atoms with van der Waals surface area (Å²) in [5.41, 5.74) is 1.21. The van der Waals surface area contributed by atoms with Gasteiger partial charge >= 0.3 is 0 Å². The van der Waals surface area contributed by atoms with Crippen molar-refractivity contribution >= 4 is 27.5 Å². The Morgan fingerprint density at radius 2 is 1.85 bits per heavy atom. The molecule has 140 valence electrons. The third kappa shape index (κ3) is 5.30. The molecule has 0 aliphatic carbocycles. The van der Waals surface area contributed by atoms with E-state index in [1.807, 2.05) is 44.2 Å². The first-order valence-corrected chi connectivity index (χ1v) is 10.4. The number of rotatable bonds is 8. The van der Waals surface area contributed by atoms with Crippen molar-refractivity contribution in [1.29, 1.82) is 0 Å². The Hall–Kier alpha value is -1.89. The van der Waals surface area contributed by atoms with E-state index in [1.165, 1.54) is 18.2 Å². The summed E-state index contributed by atoms with van der Waals surface area (Å²) < 4.78 is 27.3. The molecule has 1 unspecified atom stereocenters. The highest BCUT2D eigenvalue weighted by Crippen LogP contribution is 2.23. The Balaban J connectivity index is 2.19. The second-order valence-corrected chi connectivity index (χ2v) is 8.14. The molecule has 5 nitrogen and oxygen atoms in total. The molecule has 7 heteroatoms. The maximum absolute atomic E-state index is 12.5. The standard InChI is InChI=1S/C19H23ClN2O3S/c1-3-4-12-21-26(24,25)18-13-16(10-11-17(18)20)19(23)22-14(2)15-8-6-5-7-9-15/h5-11,13-14,21H,3-4,12H2,1-2H3,(H,22,23). The molecule has 1 amide bonds. The first-order valence-electron chi connectivity index (χ1n) is 8.50. The zero-order valence-corrected chi connectivity index (χ0v) is 16.4. The number of carbonyl (C=O) groups is 1. The summed E-state index contributed by atoms with van der Waals surface area (Å²) in [5.74, 6) is -0.358. The van der Waals surface area contributed by atoms with Gasteiger partial charge < -0.3 is 5.32 Å². The Morgan fingerprint density at radius 1 is 1.15 bits per heavy atom. The summed E-state index contributed by atoms with van der Waals surface area (Å²) >= 11 is 6.05. The second kappa shape index (κ2) is 9.16. The molecule has 0 spiro atoms. The summed E-state index contributed by atoms with van der Waals surface area (Å²) in [6.45, 7) is 4.17. The molecular weight excluding hydrogens is 372 g/mol. The fourth-order valence-electron chi connectivity index (χ4n) is 2.42. The van der Waals surface area contributed by atoms with Crippen LogP contribution in [0.3, 0.4) is 0 Å². The van der Waals surface area contributed by atoms with Crippen molar-refractivity contribution in [2.75, 3.05) is 6.54 Å². The van der Waals surface area contributed by atoms with Crippen molar-refractivity contribution in [3.8, 4) is 0 Å². The monoisotopic (exact) mass is 394 g/mol. The SMILES string of the molecule is CCCCNS(=O)(=O)c1cc(C(=O)NC(C)c2ccccc2)ccc1Cl. The molecule has 1 atom stereocenters. The van der Waals surface area contributed by atoms with Gasteiger partial charge in [-0.15, -0.1) is 0 Å². The minimum Gasteiger partial charge on any atom is -0.346 e. The van der Waals surface area contributed by atoms with E-state index in [0.29, 0.717) is 6.54 Å². The Kier molecular flexibility index (Phi) is 7.20. The van der Waals surface area contributed by atoms with Gasteiger partial charge in [0.2, 0.25) is 10.0 Å². The van der Waals surface area contributed by atoms with Crippen molar-refractivity contribution in [2.45, 2.75) is 37.6 Å². The van der Waals surface area contributed by atoms with Gasteiger partial charge in [0.25, 0.3) is 5.91 Å². The molecule has 0 aliphatic heterocycles. The van der Waals surface area contributed by atoms with E-state index in [2.05, 4.69) is 10.0 Å². The maximum atomic E-state index is 12.5. The van der Waals surface area contributed by atoms with Gasteiger partial charge in [0, 0.05) is 12.1 Å². The normalized spacial score (nSPS) is 12.6. The van der Waals surface area contributed by atoms with Gasteiger partial charge in [0.1, 0.15) is 4.90 Å². The lowest BCUT2D eigenvalue weighted by molar-refractivity contribution is 0.0939. The van der Waals surface area contributed by atoms with E-state index in [-0.39, 0.29) is 27.4 Å². The van der Waals surface area contributed by atoms with Gasteiger partial charge in [0.05, 0.1) is 11.1 Å². The van der Waals surface area contributed by atoms with E-state index in [0.717, 1.165) is 18.4 Å². The van der Waals surface area contributed by atoms with Crippen LogP contribution in [0.15, 0.2) is 53.4 Å². The van der Waals surface area contributed by atoms with E-state index < -0.39 is 10.0 Å². The van der Waals surface area contributed by atoms with Crippen LogP contribution in [0.2, 0.25) is 5.02 Å². The number of halogens is 1. The molecular formula is C19H23ClN2O3S. The quantitative estimate of drug-likeness (QED) is 0.666. The van der Waals surface area contributed by atoms with Crippen LogP contribution in [0.25, 0.3) is 0 Å². The molecule has 0 bridgehead atoms. The summed E-state index contributed by atoms with van der Waals surface area (Å²) in [6, 6.07) is 13.6. The topological polar surface area (TPSA) is 75.3 Å². The Labute approximate surface area is 159 Å².